The van der Waals surface area contributed by atoms with Gasteiger partial charge in [0.25, 0.3) is 0 Å². The highest BCUT2D eigenvalue weighted by Gasteiger charge is 2.21. The van der Waals surface area contributed by atoms with Crippen LogP contribution in [-0.4, -0.2) is 9.55 Å². The lowest BCUT2D eigenvalue weighted by Gasteiger charge is -2.23. The fraction of sp³-hybridized carbons (Fsp3) is 0. The fourth-order valence-corrected chi connectivity index (χ4v) is 8.47. The van der Waals surface area contributed by atoms with Gasteiger partial charge < -0.3 is 4.57 Å². The molecule has 0 atom stereocenters. The molecule has 2 aromatic heterocycles. The minimum Gasteiger partial charge on any atom is -0.309 e. The monoisotopic (exact) mass is 643 g/mol. The molecule has 0 N–H and O–H groups in total. The highest BCUT2D eigenvalue weighted by atomic mass is 32.1. The lowest BCUT2D eigenvalue weighted by atomic mass is 10.0. The molecule has 0 spiro atoms. The summed E-state index contributed by atoms with van der Waals surface area (Å²) in [6, 6.07) is 63.1. The number of para-hydroxylation sites is 2. The standard InChI is InChI=1S/C45H29N3S/c1-3-12-30(13-4-1)32-15-11-18-34(28-32)47(45-46-41-26-25-37-36-19-8-7-14-31(36)22-24-39(37)44(41)49-45)35-23-27-43-40(29-35)38-20-9-10-21-42(38)48(43)33-16-5-2-6-17-33/h1-29H. The molecule has 0 saturated carbocycles. The van der Waals surface area contributed by atoms with Crippen LogP contribution in [0, 0.1) is 0 Å². The van der Waals surface area contributed by atoms with E-state index in [0.29, 0.717) is 0 Å². The third kappa shape index (κ3) is 4.53. The zero-order chi connectivity index (χ0) is 32.3. The van der Waals surface area contributed by atoms with Crippen LogP contribution in [0.4, 0.5) is 16.5 Å². The molecule has 8 aromatic carbocycles. The Morgan fingerprint density at radius 1 is 0.449 bits per heavy atom. The number of rotatable bonds is 5. The summed E-state index contributed by atoms with van der Waals surface area (Å²) in [6.07, 6.45) is 0. The molecule has 0 bridgehead atoms. The Morgan fingerprint density at radius 2 is 1.14 bits per heavy atom. The van der Waals surface area contributed by atoms with Gasteiger partial charge in [0, 0.05) is 33.2 Å². The molecule has 0 aliphatic rings. The molecule has 0 saturated heterocycles. The molecule has 0 fully saturated rings. The van der Waals surface area contributed by atoms with Crippen LogP contribution in [0.25, 0.3) is 70.4 Å². The van der Waals surface area contributed by atoms with Crippen molar-refractivity contribution >= 4 is 81.4 Å². The van der Waals surface area contributed by atoms with Crippen LogP contribution in [0.3, 0.4) is 0 Å². The van der Waals surface area contributed by atoms with Gasteiger partial charge >= 0.3 is 0 Å². The highest BCUT2D eigenvalue weighted by Crippen LogP contribution is 2.45. The van der Waals surface area contributed by atoms with Crippen molar-refractivity contribution in [3.8, 4) is 16.8 Å². The van der Waals surface area contributed by atoms with Gasteiger partial charge in [-0.2, -0.15) is 0 Å². The van der Waals surface area contributed by atoms with Crippen molar-refractivity contribution in [1.82, 2.24) is 9.55 Å². The number of aromatic nitrogens is 2. The van der Waals surface area contributed by atoms with Gasteiger partial charge in [-0.05, 0) is 81.9 Å². The first-order valence-corrected chi connectivity index (χ1v) is 17.4. The molecule has 0 unspecified atom stereocenters. The van der Waals surface area contributed by atoms with Crippen molar-refractivity contribution < 1.29 is 0 Å². The van der Waals surface area contributed by atoms with Gasteiger partial charge in [-0.3, -0.25) is 4.90 Å². The lowest BCUT2D eigenvalue weighted by molar-refractivity contribution is 1.18. The zero-order valence-electron chi connectivity index (χ0n) is 26.5. The van der Waals surface area contributed by atoms with Crippen LogP contribution in [0.5, 0.6) is 0 Å². The number of nitrogens with zero attached hydrogens (tertiary/aromatic N) is 3. The maximum Gasteiger partial charge on any atom is 0.195 e. The molecule has 0 aliphatic heterocycles. The predicted molar refractivity (Wildman–Crippen MR) is 209 cm³/mol. The number of hydrogen-bond acceptors (Lipinski definition) is 3. The molecule has 49 heavy (non-hydrogen) atoms. The number of anilines is 3. The second-order valence-corrected chi connectivity index (χ2v) is 13.4. The Labute approximate surface area is 287 Å². The van der Waals surface area contributed by atoms with E-state index in [-0.39, 0.29) is 0 Å². The van der Waals surface area contributed by atoms with Gasteiger partial charge in [0.05, 0.1) is 21.3 Å². The topological polar surface area (TPSA) is 21.1 Å². The Balaban J connectivity index is 1.22. The van der Waals surface area contributed by atoms with Crippen molar-refractivity contribution in [3.63, 3.8) is 0 Å². The fourth-order valence-electron chi connectivity index (χ4n) is 7.34. The summed E-state index contributed by atoms with van der Waals surface area (Å²) in [5.74, 6) is 0. The van der Waals surface area contributed by atoms with Gasteiger partial charge in [-0.15, -0.1) is 0 Å². The van der Waals surface area contributed by atoms with Gasteiger partial charge in [0.15, 0.2) is 5.13 Å². The number of hydrogen-bond donors (Lipinski definition) is 0. The maximum absolute atomic E-state index is 5.33. The maximum atomic E-state index is 5.33. The smallest absolute Gasteiger partial charge is 0.195 e. The zero-order valence-corrected chi connectivity index (χ0v) is 27.3. The first-order valence-electron chi connectivity index (χ1n) is 16.6. The molecule has 3 nitrogen and oxygen atoms in total. The summed E-state index contributed by atoms with van der Waals surface area (Å²) in [4.78, 5) is 7.66. The molecular formula is C45H29N3S. The first kappa shape index (κ1) is 27.8. The number of fused-ring (bicyclic) bond motifs is 8. The summed E-state index contributed by atoms with van der Waals surface area (Å²) in [5, 5.41) is 8.38. The average Bonchev–Trinajstić information content (AvgIpc) is 3.75. The third-order valence-electron chi connectivity index (χ3n) is 9.60. The summed E-state index contributed by atoms with van der Waals surface area (Å²) in [5.41, 5.74) is 9.03. The summed E-state index contributed by atoms with van der Waals surface area (Å²) in [7, 11) is 0. The summed E-state index contributed by atoms with van der Waals surface area (Å²) >= 11 is 1.76. The minimum atomic E-state index is 0.937. The van der Waals surface area contributed by atoms with E-state index >= 15 is 0 Å². The van der Waals surface area contributed by atoms with Crippen molar-refractivity contribution in [2.45, 2.75) is 0 Å². The lowest BCUT2D eigenvalue weighted by Crippen LogP contribution is -2.09. The van der Waals surface area contributed by atoms with Crippen LogP contribution in [-0.2, 0) is 0 Å². The largest absolute Gasteiger partial charge is 0.309 e. The van der Waals surface area contributed by atoms with E-state index in [1.165, 1.54) is 59.2 Å². The van der Waals surface area contributed by atoms with Crippen molar-refractivity contribution in [2.75, 3.05) is 4.90 Å². The van der Waals surface area contributed by atoms with E-state index in [1.807, 2.05) is 0 Å². The summed E-state index contributed by atoms with van der Waals surface area (Å²) < 4.78 is 3.56. The SMILES string of the molecule is c1ccc(-c2cccc(N(c3ccc4c(c3)c3ccccc3n4-c3ccccc3)c3nc4ccc5c6ccccc6ccc5c4s3)c2)cc1. The number of benzene rings is 8. The molecule has 0 radical (unpaired) electrons. The van der Waals surface area contributed by atoms with Crippen LogP contribution in [0.1, 0.15) is 0 Å². The Hall–Kier alpha value is -6.23. The van der Waals surface area contributed by atoms with Crippen molar-refractivity contribution in [3.05, 3.63) is 176 Å². The van der Waals surface area contributed by atoms with Gasteiger partial charge in [0.2, 0.25) is 0 Å². The van der Waals surface area contributed by atoms with Gasteiger partial charge in [0.1, 0.15) is 0 Å². The van der Waals surface area contributed by atoms with Gasteiger partial charge in [-0.1, -0.05) is 133 Å². The normalized spacial score (nSPS) is 11.7. The molecule has 10 rings (SSSR count). The molecule has 0 amide bonds. The van der Waals surface area contributed by atoms with Gasteiger partial charge in [-0.25, -0.2) is 4.98 Å². The van der Waals surface area contributed by atoms with E-state index in [9.17, 15) is 0 Å². The first-order chi connectivity index (χ1) is 24.3. The molecule has 4 heteroatoms. The van der Waals surface area contributed by atoms with E-state index in [0.717, 1.165) is 27.7 Å². The third-order valence-corrected chi connectivity index (χ3v) is 10.7. The average molecular weight is 644 g/mol. The van der Waals surface area contributed by atoms with E-state index in [1.54, 1.807) is 11.3 Å². The Kier molecular flexibility index (Phi) is 6.36. The van der Waals surface area contributed by atoms with Crippen molar-refractivity contribution in [1.29, 1.82) is 0 Å². The molecule has 0 aliphatic carbocycles. The van der Waals surface area contributed by atoms with Crippen LogP contribution < -0.4 is 4.90 Å². The summed E-state index contributed by atoms with van der Waals surface area (Å²) in [6.45, 7) is 0. The van der Waals surface area contributed by atoms with E-state index in [2.05, 4.69) is 185 Å². The second kappa shape index (κ2) is 11.2. The molecular weight excluding hydrogens is 615 g/mol. The second-order valence-electron chi connectivity index (χ2n) is 12.4. The molecule has 10 aromatic rings. The predicted octanol–water partition coefficient (Wildman–Crippen LogP) is 12.8. The minimum absolute atomic E-state index is 0.937. The van der Waals surface area contributed by atoms with Crippen LogP contribution in [0.2, 0.25) is 0 Å². The molecule has 2 heterocycles. The molecule has 230 valence electrons. The Bertz CT molecular complexity index is 2830. The van der Waals surface area contributed by atoms with E-state index < -0.39 is 0 Å². The van der Waals surface area contributed by atoms with Crippen molar-refractivity contribution in [2.24, 2.45) is 0 Å². The number of thiazole rings is 1. The van der Waals surface area contributed by atoms with Crippen LogP contribution in [0.15, 0.2) is 176 Å². The Morgan fingerprint density at radius 3 is 2.02 bits per heavy atom. The highest BCUT2D eigenvalue weighted by molar-refractivity contribution is 7.23. The quantitative estimate of drug-likeness (QED) is 0.174. The van der Waals surface area contributed by atoms with E-state index in [4.69, 9.17) is 4.98 Å². The van der Waals surface area contributed by atoms with Crippen LogP contribution >= 0.6 is 11.3 Å².